The highest BCUT2D eigenvalue weighted by Gasteiger charge is 2.22. The van der Waals surface area contributed by atoms with Crippen LogP contribution in [0, 0.1) is 23.3 Å². The molecule has 4 aromatic carbocycles. The van der Waals surface area contributed by atoms with Crippen LogP contribution >= 0.6 is 0 Å². The largest absolute Gasteiger partial charge is 0.490 e. The van der Waals surface area contributed by atoms with Crippen LogP contribution in [0.2, 0.25) is 0 Å². The average Bonchev–Trinajstić information content (AvgIpc) is 2.99. The van der Waals surface area contributed by atoms with Crippen molar-refractivity contribution >= 4 is 5.97 Å². The molecule has 42 heavy (non-hydrogen) atoms. The van der Waals surface area contributed by atoms with E-state index < -0.39 is 40.9 Å². The van der Waals surface area contributed by atoms with Crippen LogP contribution < -0.4 is 9.47 Å². The second kappa shape index (κ2) is 14.0. The number of aliphatic hydroxyl groups excluding tert-OH is 1. The Morgan fingerprint density at radius 3 is 2.05 bits per heavy atom. The number of carbonyl (C=O) groups excluding carboxylic acids is 1. The van der Waals surface area contributed by atoms with Crippen molar-refractivity contribution in [2.75, 3.05) is 6.61 Å². The van der Waals surface area contributed by atoms with Gasteiger partial charge in [0.25, 0.3) is 0 Å². The lowest BCUT2D eigenvalue weighted by Crippen LogP contribution is -2.12. The monoisotopic (exact) mass is 578 g/mol. The van der Waals surface area contributed by atoms with E-state index in [-0.39, 0.29) is 29.2 Å². The first-order valence-corrected chi connectivity index (χ1v) is 13.6. The molecule has 1 N–H and O–H groups in total. The maximum Gasteiger partial charge on any atom is 0.346 e. The lowest BCUT2D eigenvalue weighted by Gasteiger charge is -2.12. The van der Waals surface area contributed by atoms with Gasteiger partial charge in [-0.3, -0.25) is 0 Å². The van der Waals surface area contributed by atoms with Crippen molar-refractivity contribution in [3.8, 4) is 33.8 Å². The molecule has 0 bridgehead atoms. The molecule has 4 rings (SSSR count). The Morgan fingerprint density at radius 2 is 1.43 bits per heavy atom. The zero-order valence-corrected chi connectivity index (χ0v) is 23.0. The Bertz CT molecular complexity index is 1550. The summed E-state index contributed by atoms with van der Waals surface area (Å²) in [5.74, 6) is -6.12. The zero-order valence-electron chi connectivity index (χ0n) is 23.0. The van der Waals surface area contributed by atoms with Gasteiger partial charge in [0.05, 0.1) is 18.3 Å². The predicted octanol–water partition coefficient (Wildman–Crippen LogP) is 8.97. The van der Waals surface area contributed by atoms with Crippen molar-refractivity contribution in [3.05, 3.63) is 120 Å². The van der Waals surface area contributed by atoms with Gasteiger partial charge in [-0.2, -0.15) is 4.39 Å². The summed E-state index contributed by atoms with van der Waals surface area (Å²) in [5.41, 5.74) is 0.672. The van der Waals surface area contributed by atoms with Crippen LogP contribution in [0.4, 0.5) is 17.6 Å². The summed E-state index contributed by atoms with van der Waals surface area (Å²) in [5, 5.41) is 10.1. The summed E-state index contributed by atoms with van der Waals surface area (Å²) >= 11 is 0. The summed E-state index contributed by atoms with van der Waals surface area (Å²) < 4.78 is 69.6. The van der Waals surface area contributed by atoms with Crippen LogP contribution in [0.25, 0.3) is 22.3 Å². The first kappa shape index (κ1) is 30.5. The SMILES string of the molecule is C=CCCCOc1ccc(-c2ccc(OC(=O)c3ccc(-c4ccc(C(O)CCC)cc4)c(F)c3F)cc2)c(F)c1F. The summed E-state index contributed by atoms with van der Waals surface area (Å²) in [6.07, 6.45) is 3.74. The van der Waals surface area contributed by atoms with E-state index in [1.807, 2.05) is 6.92 Å². The molecule has 4 aromatic rings. The van der Waals surface area contributed by atoms with Gasteiger partial charge in [-0.15, -0.1) is 6.58 Å². The fourth-order valence-electron chi connectivity index (χ4n) is 4.40. The molecule has 0 fully saturated rings. The minimum atomic E-state index is -1.37. The van der Waals surface area contributed by atoms with Crippen molar-refractivity contribution in [1.29, 1.82) is 0 Å². The Kier molecular flexibility index (Phi) is 10.1. The summed E-state index contributed by atoms with van der Waals surface area (Å²) in [7, 11) is 0. The fraction of sp³-hybridized carbons (Fsp3) is 0.206. The van der Waals surface area contributed by atoms with Crippen molar-refractivity contribution < 1.29 is 36.9 Å². The van der Waals surface area contributed by atoms with Crippen molar-refractivity contribution in [3.63, 3.8) is 0 Å². The molecule has 0 aliphatic carbocycles. The smallest absolute Gasteiger partial charge is 0.346 e. The molecule has 0 heterocycles. The van der Waals surface area contributed by atoms with E-state index in [2.05, 4.69) is 6.58 Å². The first-order valence-electron chi connectivity index (χ1n) is 13.6. The highest BCUT2D eigenvalue weighted by Crippen LogP contribution is 2.32. The third kappa shape index (κ3) is 6.89. The van der Waals surface area contributed by atoms with E-state index in [9.17, 15) is 27.5 Å². The molecular weight excluding hydrogens is 548 g/mol. The topological polar surface area (TPSA) is 55.8 Å². The van der Waals surface area contributed by atoms with Gasteiger partial charge in [0.1, 0.15) is 5.75 Å². The normalized spacial score (nSPS) is 11.7. The van der Waals surface area contributed by atoms with Gasteiger partial charge in [0, 0.05) is 11.1 Å². The maximum absolute atomic E-state index is 15.0. The molecule has 0 aromatic heterocycles. The number of benzene rings is 4. The summed E-state index contributed by atoms with van der Waals surface area (Å²) in [4.78, 5) is 12.6. The van der Waals surface area contributed by atoms with Gasteiger partial charge in [-0.25, -0.2) is 18.0 Å². The second-order valence-corrected chi connectivity index (χ2v) is 9.65. The average molecular weight is 579 g/mol. The van der Waals surface area contributed by atoms with Crippen LogP contribution in [-0.2, 0) is 0 Å². The molecule has 8 heteroatoms. The van der Waals surface area contributed by atoms with Crippen molar-refractivity contribution in [2.24, 2.45) is 0 Å². The number of allylic oxidation sites excluding steroid dienone is 1. The van der Waals surface area contributed by atoms with Gasteiger partial charge < -0.3 is 14.6 Å². The number of unbranched alkanes of at least 4 members (excludes halogenated alkanes) is 1. The van der Waals surface area contributed by atoms with E-state index in [1.54, 1.807) is 30.3 Å². The third-order valence-corrected chi connectivity index (χ3v) is 6.70. The molecule has 0 aliphatic rings. The van der Waals surface area contributed by atoms with E-state index in [0.717, 1.165) is 12.5 Å². The van der Waals surface area contributed by atoms with Crippen molar-refractivity contribution in [1.82, 2.24) is 0 Å². The number of carbonyl (C=O) groups is 1. The molecule has 0 spiro atoms. The quantitative estimate of drug-likeness (QED) is 0.0599. The highest BCUT2D eigenvalue weighted by molar-refractivity contribution is 5.92. The van der Waals surface area contributed by atoms with Gasteiger partial charge in [-0.1, -0.05) is 61.9 Å². The number of aliphatic hydroxyl groups is 1. The standard InChI is InChI=1S/C34H30F4O4/c1-3-5-6-20-41-29-19-18-26(31(36)33(29)38)22-12-14-24(15-13-22)42-34(40)27-17-16-25(30(35)32(27)37)21-8-10-23(11-9-21)28(39)7-4-2/h3,8-19,28,39H,1,4-7,20H2,2H3. The molecule has 4 nitrogen and oxygen atoms in total. The van der Waals surface area contributed by atoms with Gasteiger partial charge in [0.15, 0.2) is 23.2 Å². The lowest BCUT2D eigenvalue weighted by molar-refractivity contribution is 0.0728. The van der Waals surface area contributed by atoms with Gasteiger partial charge in [0.2, 0.25) is 5.82 Å². The molecule has 218 valence electrons. The van der Waals surface area contributed by atoms with E-state index in [1.165, 1.54) is 42.5 Å². The van der Waals surface area contributed by atoms with Crippen LogP contribution in [0.1, 0.15) is 54.6 Å². The predicted molar refractivity (Wildman–Crippen MR) is 153 cm³/mol. The molecule has 1 unspecified atom stereocenters. The molecule has 0 saturated carbocycles. The molecule has 0 radical (unpaired) electrons. The number of rotatable bonds is 12. The van der Waals surface area contributed by atoms with Gasteiger partial charge >= 0.3 is 5.97 Å². The Balaban J connectivity index is 1.46. The van der Waals surface area contributed by atoms with Crippen LogP contribution in [0.5, 0.6) is 11.5 Å². The summed E-state index contributed by atoms with van der Waals surface area (Å²) in [6, 6.07) is 17.0. The molecule has 0 amide bonds. The van der Waals surface area contributed by atoms with Crippen LogP contribution in [0.3, 0.4) is 0 Å². The first-order chi connectivity index (χ1) is 20.2. The lowest BCUT2D eigenvalue weighted by atomic mass is 9.98. The van der Waals surface area contributed by atoms with E-state index in [4.69, 9.17) is 9.47 Å². The molecule has 0 aliphatic heterocycles. The third-order valence-electron chi connectivity index (χ3n) is 6.70. The number of esters is 1. The van der Waals surface area contributed by atoms with Crippen molar-refractivity contribution in [2.45, 2.75) is 38.7 Å². The second-order valence-electron chi connectivity index (χ2n) is 9.65. The minimum Gasteiger partial charge on any atom is -0.490 e. The summed E-state index contributed by atoms with van der Waals surface area (Å²) in [6.45, 7) is 5.76. The fourth-order valence-corrected chi connectivity index (χ4v) is 4.40. The molecular formula is C34H30F4O4. The molecule has 0 saturated heterocycles. The number of halogens is 4. The Labute approximate surface area is 241 Å². The van der Waals surface area contributed by atoms with E-state index >= 15 is 0 Å². The Hall–Kier alpha value is -4.43. The number of hydrogen-bond donors (Lipinski definition) is 1. The van der Waals surface area contributed by atoms with Gasteiger partial charge in [-0.05, 0) is 66.3 Å². The number of hydrogen-bond acceptors (Lipinski definition) is 4. The van der Waals surface area contributed by atoms with Crippen LogP contribution in [-0.4, -0.2) is 17.7 Å². The minimum absolute atomic E-state index is 0.00286. The van der Waals surface area contributed by atoms with Crippen LogP contribution in [0.15, 0.2) is 85.5 Å². The highest BCUT2D eigenvalue weighted by atomic mass is 19.2. The molecule has 1 atom stereocenters. The Morgan fingerprint density at radius 1 is 0.833 bits per heavy atom. The van der Waals surface area contributed by atoms with E-state index in [0.29, 0.717) is 36.0 Å². The zero-order chi connectivity index (χ0) is 30.2. The maximum atomic E-state index is 15.0. The number of ether oxygens (including phenoxy) is 2.